The zero-order valence-corrected chi connectivity index (χ0v) is 45.0. The lowest BCUT2D eigenvalue weighted by molar-refractivity contribution is 1.59. The first-order valence-corrected chi connectivity index (χ1v) is 29.2. The minimum Gasteiger partial charge on any atom is -0.135 e. The molecule has 0 amide bonds. The SMILES string of the molecule is c1cc(-c2cccc(-c3cccc4c3sc3cc(-c5cccc6c7ccc(-c8cccc(-c9cccc%10c9sc9ccccc9%10)c8)cc7c7ccccc7c56)ccc34)c2)cc(-c2ccc3c4ccccc4c4ccccc4c3c2)c1. The average Bonchev–Trinajstić information content (AvgIpc) is 4.25. The zero-order valence-electron chi connectivity index (χ0n) is 43.4. The zero-order chi connectivity index (χ0) is 52.4. The second kappa shape index (κ2) is 17.9. The van der Waals surface area contributed by atoms with E-state index in [0.29, 0.717) is 0 Å². The van der Waals surface area contributed by atoms with Gasteiger partial charge >= 0.3 is 0 Å². The fraction of sp³-hybridized carbons (Fsp3) is 0. The third-order valence-electron chi connectivity index (χ3n) is 17.0. The van der Waals surface area contributed by atoms with E-state index in [9.17, 15) is 0 Å². The molecule has 0 N–H and O–H groups in total. The standard InChI is InChI=1S/C78H46S2/c1-2-23-61-59(21-1)60-22-3-4-24-62(60)72-44-51(35-38-64(61)72)48-16-9-15-47(41-48)49-17-10-19-53(42-49)58-30-14-33-71-67-40-37-55(46-75(67)80-78(58)71)56-28-12-31-69-65-39-36-52(45-73(65)63-25-5-6-27-68(63)76(56)69)50-18-11-20-54(43-50)57-29-13-32-70-66-26-7-8-34-74(66)79-77(57)70/h1-46H. The van der Waals surface area contributed by atoms with E-state index in [2.05, 4.69) is 279 Å². The molecular formula is C78H46S2. The number of fused-ring (bicyclic) bond motifs is 18. The van der Waals surface area contributed by atoms with Gasteiger partial charge in [-0.15, -0.1) is 22.7 Å². The lowest BCUT2D eigenvalue weighted by atomic mass is 9.88. The van der Waals surface area contributed by atoms with Gasteiger partial charge in [0.05, 0.1) is 0 Å². The van der Waals surface area contributed by atoms with Crippen LogP contribution in [-0.4, -0.2) is 0 Å². The monoisotopic (exact) mass is 1050 g/mol. The maximum atomic E-state index is 2.44. The van der Waals surface area contributed by atoms with Gasteiger partial charge in [0.15, 0.2) is 0 Å². The Morgan fingerprint density at radius 3 is 1.02 bits per heavy atom. The van der Waals surface area contributed by atoms with Crippen molar-refractivity contribution in [1.82, 2.24) is 0 Å². The lowest BCUT2D eigenvalue weighted by Gasteiger charge is -2.16. The van der Waals surface area contributed by atoms with Crippen molar-refractivity contribution in [1.29, 1.82) is 0 Å². The molecule has 0 saturated carbocycles. The summed E-state index contributed by atoms with van der Waals surface area (Å²) < 4.78 is 5.28. The van der Waals surface area contributed by atoms with Crippen LogP contribution < -0.4 is 0 Å². The van der Waals surface area contributed by atoms with Crippen molar-refractivity contribution in [2.24, 2.45) is 0 Å². The van der Waals surface area contributed by atoms with Gasteiger partial charge in [-0.05, 0) is 174 Å². The summed E-state index contributed by atoms with van der Waals surface area (Å²) in [6.45, 7) is 0. The molecule has 0 fully saturated rings. The molecule has 0 saturated heterocycles. The first-order valence-electron chi connectivity index (χ1n) is 27.5. The smallest absolute Gasteiger partial charge is 0.0433 e. The number of thiophene rings is 2. The summed E-state index contributed by atoms with van der Waals surface area (Å²) >= 11 is 3.80. The van der Waals surface area contributed by atoms with Crippen molar-refractivity contribution < 1.29 is 0 Å². The van der Waals surface area contributed by atoms with Crippen LogP contribution in [0.15, 0.2) is 279 Å². The predicted molar refractivity (Wildman–Crippen MR) is 350 cm³/mol. The molecule has 0 aliphatic rings. The van der Waals surface area contributed by atoms with Crippen LogP contribution in [-0.2, 0) is 0 Å². The number of benzene rings is 15. The molecule has 0 nitrogen and oxygen atoms in total. The van der Waals surface area contributed by atoms with Crippen LogP contribution in [0.5, 0.6) is 0 Å². The summed E-state index contributed by atoms with van der Waals surface area (Å²) in [5.41, 5.74) is 14.8. The van der Waals surface area contributed by atoms with Crippen molar-refractivity contribution in [3.8, 4) is 66.8 Å². The van der Waals surface area contributed by atoms with E-state index >= 15 is 0 Å². The van der Waals surface area contributed by atoms with Crippen LogP contribution >= 0.6 is 22.7 Å². The van der Waals surface area contributed by atoms with Gasteiger partial charge in [-0.25, -0.2) is 0 Å². The van der Waals surface area contributed by atoms with Crippen molar-refractivity contribution >= 4 is 128 Å². The summed E-state index contributed by atoms with van der Waals surface area (Å²) in [5.74, 6) is 0. The minimum absolute atomic E-state index is 1.21. The fourth-order valence-corrected chi connectivity index (χ4v) is 15.8. The summed E-state index contributed by atoms with van der Waals surface area (Å²) in [5, 5.41) is 20.7. The molecule has 2 heteroatoms. The van der Waals surface area contributed by atoms with Crippen LogP contribution in [0.2, 0.25) is 0 Å². The quantitative estimate of drug-likeness (QED) is 0.146. The Bertz CT molecular complexity index is 5370. The molecule has 0 atom stereocenters. The van der Waals surface area contributed by atoms with Gasteiger partial charge in [0.2, 0.25) is 0 Å². The molecular weight excluding hydrogens is 1000 g/mol. The van der Waals surface area contributed by atoms with E-state index in [1.165, 1.54) is 172 Å². The van der Waals surface area contributed by atoms with Gasteiger partial charge in [-0.3, -0.25) is 0 Å². The van der Waals surface area contributed by atoms with Crippen LogP contribution in [0.4, 0.5) is 0 Å². The molecule has 2 heterocycles. The second-order valence-electron chi connectivity index (χ2n) is 21.4. The summed E-state index contributed by atoms with van der Waals surface area (Å²) in [6, 6.07) is 104. The minimum atomic E-state index is 1.21. The van der Waals surface area contributed by atoms with Crippen molar-refractivity contribution in [2.75, 3.05) is 0 Å². The lowest BCUT2D eigenvalue weighted by Crippen LogP contribution is -1.88. The highest BCUT2D eigenvalue weighted by molar-refractivity contribution is 7.26. The highest BCUT2D eigenvalue weighted by atomic mass is 32.1. The first kappa shape index (κ1) is 45.3. The molecule has 370 valence electrons. The van der Waals surface area contributed by atoms with E-state index in [1.807, 2.05) is 22.7 Å². The Kier molecular flexibility index (Phi) is 10.2. The van der Waals surface area contributed by atoms with Crippen LogP contribution in [0.25, 0.3) is 172 Å². The van der Waals surface area contributed by atoms with E-state index in [0.717, 1.165) is 0 Å². The average molecular weight is 1050 g/mol. The number of hydrogen-bond acceptors (Lipinski definition) is 2. The van der Waals surface area contributed by atoms with Gasteiger partial charge in [0.1, 0.15) is 0 Å². The molecule has 0 spiro atoms. The van der Waals surface area contributed by atoms with Gasteiger partial charge in [-0.1, -0.05) is 237 Å². The van der Waals surface area contributed by atoms with Crippen LogP contribution in [0, 0.1) is 0 Å². The third-order valence-corrected chi connectivity index (χ3v) is 19.5. The number of hydrogen-bond donors (Lipinski definition) is 0. The number of rotatable bonds is 6. The van der Waals surface area contributed by atoms with Gasteiger partial charge in [0, 0.05) is 40.3 Å². The molecule has 17 aromatic rings. The van der Waals surface area contributed by atoms with E-state index in [-0.39, 0.29) is 0 Å². The molecule has 0 aliphatic carbocycles. The largest absolute Gasteiger partial charge is 0.135 e. The molecule has 15 aromatic carbocycles. The van der Waals surface area contributed by atoms with Crippen molar-refractivity contribution in [3.63, 3.8) is 0 Å². The summed E-state index contributed by atoms with van der Waals surface area (Å²) in [4.78, 5) is 0. The highest BCUT2D eigenvalue weighted by Gasteiger charge is 2.18. The molecule has 0 radical (unpaired) electrons. The van der Waals surface area contributed by atoms with E-state index in [1.54, 1.807) is 0 Å². The second-order valence-corrected chi connectivity index (χ2v) is 23.5. The Balaban J connectivity index is 0.728. The molecule has 2 aromatic heterocycles. The Morgan fingerprint density at radius 1 is 0.163 bits per heavy atom. The maximum Gasteiger partial charge on any atom is 0.0433 e. The molecule has 80 heavy (non-hydrogen) atoms. The normalized spacial score (nSPS) is 12.0. The fourth-order valence-electron chi connectivity index (χ4n) is 13.3. The maximum absolute atomic E-state index is 2.44. The third kappa shape index (κ3) is 7.06. The van der Waals surface area contributed by atoms with Crippen molar-refractivity contribution in [3.05, 3.63) is 279 Å². The topological polar surface area (TPSA) is 0 Å². The van der Waals surface area contributed by atoms with Crippen molar-refractivity contribution in [2.45, 2.75) is 0 Å². The van der Waals surface area contributed by atoms with Crippen LogP contribution in [0.1, 0.15) is 0 Å². The molecule has 0 aliphatic heterocycles. The van der Waals surface area contributed by atoms with Gasteiger partial charge < -0.3 is 0 Å². The van der Waals surface area contributed by atoms with Crippen LogP contribution in [0.3, 0.4) is 0 Å². The first-order chi connectivity index (χ1) is 39.6. The van der Waals surface area contributed by atoms with Gasteiger partial charge in [-0.2, -0.15) is 0 Å². The Hall–Kier alpha value is -9.70. The molecule has 0 unspecified atom stereocenters. The predicted octanol–water partition coefficient (Wildman–Crippen LogP) is 23.3. The van der Waals surface area contributed by atoms with Gasteiger partial charge in [0.25, 0.3) is 0 Å². The van der Waals surface area contributed by atoms with E-state index in [4.69, 9.17) is 0 Å². The Labute approximate surface area is 470 Å². The summed E-state index contributed by atoms with van der Waals surface area (Å²) in [6.07, 6.45) is 0. The molecule has 17 rings (SSSR count). The van der Waals surface area contributed by atoms with E-state index < -0.39 is 0 Å². The highest BCUT2D eigenvalue weighted by Crippen LogP contribution is 2.47. The Morgan fingerprint density at radius 2 is 0.475 bits per heavy atom. The summed E-state index contributed by atoms with van der Waals surface area (Å²) in [7, 11) is 0. The molecule has 0 bridgehead atoms.